The maximum Gasteiger partial charge on any atom is 0.249 e. The predicted molar refractivity (Wildman–Crippen MR) is 126 cm³/mol. The van der Waals surface area contributed by atoms with Gasteiger partial charge in [0.05, 0.1) is 30.1 Å². The molecule has 8 nitrogen and oxygen atoms in total. The van der Waals surface area contributed by atoms with E-state index in [0.29, 0.717) is 19.5 Å². The van der Waals surface area contributed by atoms with Gasteiger partial charge in [-0.05, 0) is 26.2 Å². The number of ether oxygens (including phenoxy) is 1. The van der Waals surface area contributed by atoms with Gasteiger partial charge >= 0.3 is 0 Å². The first kappa shape index (κ1) is 23.5. The average Bonchev–Trinajstić information content (AvgIpc) is 3.10. The van der Waals surface area contributed by atoms with Crippen molar-refractivity contribution < 1.29 is 24.2 Å². The Morgan fingerprint density at radius 2 is 1.74 bits per heavy atom. The van der Waals surface area contributed by atoms with Gasteiger partial charge in [0.1, 0.15) is 11.6 Å². The maximum atomic E-state index is 14.3. The van der Waals surface area contributed by atoms with E-state index in [-0.39, 0.29) is 30.4 Å². The predicted octanol–water partition coefficient (Wildman–Crippen LogP) is 1.49. The molecule has 1 saturated carbocycles. The van der Waals surface area contributed by atoms with Crippen molar-refractivity contribution in [3.8, 4) is 0 Å². The van der Waals surface area contributed by atoms with Crippen molar-refractivity contribution in [1.29, 1.82) is 0 Å². The summed E-state index contributed by atoms with van der Waals surface area (Å²) in [4.78, 5) is 47.1. The number of nitrogens with zero attached hydrogens (tertiary/aromatic N) is 3. The molecular weight excluding hydrogens is 434 g/mol. The lowest BCUT2D eigenvalue weighted by molar-refractivity contribution is -0.157. The molecule has 0 aromatic carbocycles. The van der Waals surface area contributed by atoms with E-state index in [2.05, 4.69) is 0 Å². The second-order valence-electron chi connectivity index (χ2n) is 10.8. The summed E-state index contributed by atoms with van der Waals surface area (Å²) in [7, 11) is 1.74. The zero-order valence-corrected chi connectivity index (χ0v) is 20.5. The molecule has 6 atom stereocenters. The summed E-state index contributed by atoms with van der Waals surface area (Å²) < 4.78 is 6.78. The van der Waals surface area contributed by atoms with Gasteiger partial charge in [0.25, 0.3) is 0 Å². The van der Waals surface area contributed by atoms with Gasteiger partial charge in [0, 0.05) is 26.2 Å². The largest absolute Gasteiger partial charge is 0.394 e. The molecule has 1 N–H and O–H groups in total. The van der Waals surface area contributed by atoms with Crippen LogP contribution in [0.3, 0.4) is 0 Å². The van der Waals surface area contributed by atoms with Crippen LogP contribution in [0.15, 0.2) is 24.3 Å². The van der Waals surface area contributed by atoms with E-state index < -0.39 is 35.1 Å². The van der Waals surface area contributed by atoms with Gasteiger partial charge in [0.15, 0.2) is 0 Å². The van der Waals surface area contributed by atoms with E-state index in [1.54, 1.807) is 16.8 Å². The summed E-state index contributed by atoms with van der Waals surface area (Å²) in [6.45, 7) is 4.45. The Hall–Kier alpha value is -2.19. The molecule has 0 aromatic heterocycles. The average molecular weight is 472 g/mol. The minimum atomic E-state index is -1.24. The lowest BCUT2D eigenvalue weighted by atomic mass is 9.74. The number of likely N-dealkylation sites (tertiary alicyclic amines) is 1. The van der Waals surface area contributed by atoms with Crippen LogP contribution in [0.1, 0.15) is 52.4 Å². The van der Waals surface area contributed by atoms with Crippen LogP contribution in [0.2, 0.25) is 0 Å². The Balaban J connectivity index is 1.64. The van der Waals surface area contributed by atoms with E-state index >= 15 is 0 Å². The van der Waals surface area contributed by atoms with E-state index in [4.69, 9.17) is 4.74 Å². The van der Waals surface area contributed by atoms with E-state index in [9.17, 15) is 19.5 Å². The first-order chi connectivity index (χ1) is 16.3. The molecule has 5 aliphatic rings. The number of likely N-dealkylation sites (N-methyl/N-ethyl adjacent to an activating group) is 1. The van der Waals surface area contributed by atoms with E-state index in [0.717, 1.165) is 25.7 Å². The molecule has 8 heteroatoms. The molecule has 4 heterocycles. The van der Waals surface area contributed by atoms with Crippen LogP contribution >= 0.6 is 0 Å². The van der Waals surface area contributed by atoms with Crippen LogP contribution in [0.5, 0.6) is 0 Å². The molecule has 34 heavy (non-hydrogen) atoms. The van der Waals surface area contributed by atoms with Crippen molar-refractivity contribution >= 4 is 17.7 Å². The highest BCUT2D eigenvalue weighted by molar-refractivity contribution is 6.00. The number of fused-ring (bicyclic) bond motifs is 2. The summed E-state index contributed by atoms with van der Waals surface area (Å²) in [6, 6.07) is -1.26. The quantitative estimate of drug-likeness (QED) is 0.628. The summed E-state index contributed by atoms with van der Waals surface area (Å²) in [6.07, 6.45) is 13.5. The third-order valence-electron chi connectivity index (χ3n) is 8.82. The molecule has 0 radical (unpaired) electrons. The summed E-state index contributed by atoms with van der Waals surface area (Å²) in [5.41, 5.74) is -2.23. The third-order valence-corrected chi connectivity index (χ3v) is 8.82. The molecule has 0 aromatic rings. The molecule has 4 aliphatic heterocycles. The topological polar surface area (TPSA) is 90.4 Å². The first-order valence-electron chi connectivity index (χ1n) is 12.8. The highest BCUT2D eigenvalue weighted by atomic mass is 16.5. The van der Waals surface area contributed by atoms with Crippen molar-refractivity contribution in [2.75, 3.05) is 26.7 Å². The van der Waals surface area contributed by atoms with Crippen molar-refractivity contribution in [3.05, 3.63) is 24.3 Å². The summed E-state index contributed by atoms with van der Waals surface area (Å²) >= 11 is 0. The van der Waals surface area contributed by atoms with Gasteiger partial charge in [-0.2, -0.15) is 0 Å². The zero-order valence-electron chi connectivity index (χ0n) is 20.5. The maximum absolute atomic E-state index is 14.3. The van der Waals surface area contributed by atoms with Crippen molar-refractivity contribution in [2.45, 2.75) is 81.7 Å². The SMILES string of the molecule is CC[C@@H](CO)N1C(=O)[C@@H]2[C@@H]3C(=O)N(C)CC=C[C@]3(C)O[C@@]23C=CCN(C2CCCCC2)C(=O)C13. The van der Waals surface area contributed by atoms with Gasteiger partial charge in [-0.25, -0.2) is 0 Å². The number of amides is 3. The lowest BCUT2D eigenvalue weighted by Gasteiger charge is -2.42. The minimum absolute atomic E-state index is 0.121. The molecule has 2 saturated heterocycles. The molecule has 1 aliphatic carbocycles. The van der Waals surface area contributed by atoms with Gasteiger partial charge in [-0.3, -0.25) is 14.4 Å². The van der Waals surface area contributed by atoms with Crippen LogP contribution in [-0.4, -0.2) is 93.6 Å². The number of hydrogen-bond acceptors (Lipinski definition) is 5. The molecular formula is C26H37N3O5. The van der Waals surface area contributed by atoms with Gasteiger partial charge < -0.3 is 24.5 Å². The van der Waals surface area contributed by atoms with Crippen LogP contribution in [0.25, 0.3) is 0 Å². The van der Waals surface area contributed by atoms with Crippen molar-refractivity contribution in [2.24, 2.45) is 11.8 Å². The fourth-order valence-electron chi connectivity index (χ4n) is 7.13. The number of rotatable bonds is 4. The Labute approximate surface area is 201 Å². The number of carbonyl (C=O) groups is 3. The monoisotopic (exact) mass is 471 g/mol. The fourth-order valence-corrected chi connectivity index (χ4v) is 7.13. The van der Waals surface area contributed by atoms with Crippen LogP contribution in [0, 0.1) is 11.8 Å². The Bertz CT molecular complexity index is 923. The van der Waals surface area contributed by atoms with E-state index in [1.807, 2.05) is 43.1 Å². The number of hydrogen-bond donors (Lipinski definition) is 1. The van der Waals surface area contributed by atoms with Gasteiger partial charge in [0.2, 0.25) is 17.7 Å². The summed E-state index contributed by atoms with van der Waals surface area (Å²) in [5.74, 6) is -2.07. The molecule has 1 unspecified atom stereocenters. The molecule has 186 valence electrons. The minimum Gasteiger partial charge on any atom is -0.394 e. The normalized spacial score (nSPS) is 39.1. The van der Waals surface area contributed by atoms with Crippen molar-refractivity contribution in [1.82, 2.24) is 14.7 Å². The van der Waals surface area contributed by atoms with E-state index in [1.165, 1.54) is 6.42 Å². The second-order valence-corrected chi connectivity index (χ2v) is 10.8. The van der Waals surface area contributed by atoms with Crippen LogP contribution < -0.4 is 0 Å². The second kappa shape index (κ2) is 8.48. The molecule has 3 fully saturated rings. The van der Waals surface area contributed by atoms with Crippen LogP contribution in [0.4, 0.5) is 0 Å². The molecule has 1 spiro atoms. The standard InChI is InChI=1S/C26H37N3O5/c1-4-17(16-30)29-21-24(33)28(18-10-6-5-7-11-18)15-9-13-26(21)20(23(29)32)19-22(31)27(3)14-8-12-25(19,2)34-26/h8-9,12-13,17-21,30H,4-7,10-11,14-16H2,1-3H3/t17-,19+,20-,21?,25-,26-/m0/s1. The molecule has 5 rings (SSSR count). The summed E-state index contributed by atoms with van der Waals surface area (Å²) in [5, 5.41) is 10.2. The smallest absolute Gasteiger partial charge is 0.249 e. The Morgan fingerprint density at radius 1 is 1.03 bits per heavy atom. The highest BCUT2D eigenvalue weighted by Gasteiger charge is 2.75. The van der Waals surface area contributed by atoms with Gasteiger partial charge in [-0.15, -0.1) is 0 Å². The molecule has 0 bridgehead atoms. The number of carbonyl (C=O) groups excluding carboxylic acids is 3. The van der Waals surface area contributed by atoms with Crippen molar-refractivity contribution in [3.63, 3.8) is 0 Å². The Morgan fingerprint density at radius 3 is 2.41 bits per heavy atom. The van der Waals surface area contributed by atoms with Crippen LogP contribution in [-0.2, 0) is 19.1 Å². The zero-order chi connectivity index (χ0) is 24.3. The number of aliphatic hydroxyl groups is 1. The third kappa shape index (κ3) is 3.21. The van der Waals surface area contributed by atoms with Gasteiger partial charge in [-0.1, -0.05) is 50.5 Å². The highest BCUT2D eigenvalue weighted by Crippen LogP contribution is 2.58. The fraction of sp³-hybridized carbons (Fsp3) is 0.731. The lowest BCUT2D eigenvalue weighted by Crippen LogP contribution is -2.60. The Kier molecular flexibility index (Phi) is 5.88. The first-order valence-corrected chi connectivity index (χ1v) is 12.8. The molecule has 3 amide bonds. The number of aliphatic hydroxyl groups excluding tert-OH is 1.